The molecule has 0 bridgehead atoms. The second-order valence-electron chi connectivity index (χ2n) is 12.6. The van der Waals surface area contributed by atoms with Gasteiger partial charge in [-0.1, -0.05) is 125 Å². The molecule has 1 aromatic heterocycles. The molecule has 0 spiro atoms. The Morgan fingerprint density at radius 2 is 1.37 bits per heavy atom. The van der Waals surface area contributed by atoms with Crippen molar-refractivity contribution in [2.45, 2.75) is 92.0 Å². The molecule has 0 radical (unpaired) electrons. The molecule has 0 aliphatic rings. The molecule has 0 fully saturated rings. The zero-order valence-electron chi connectivity index (χ0n) is 24.5. The van der Waals surface area contributed by atoms with E-state index in [0.717, 1.165) is 19.2 Å². The summed E-state index contributed by atoms with van der Waals surface area (Å²) < 4.78 is 13.1. The van der Waals surface area contributed by atoms with Crippen LogP contribution in [0.4, 0.5) is 4.39 Å². The number of aryl methyl sites for hydroxylation is 2. The fourth-order valence-electron chi connectivity index (χ4n) is 4.11. The molecule has 1 N–H and O–H groups in total. The minimum atomic E-state index is -1.03. The van der Waals surface area contributed by atoms with Crippen molar-refractivity contribution < 1.29 is 4.39 Å². The van der Waals surface area contributed by atoms with E-state index in [1.54, 1.807) is 6.08 Å². The molecule has 2 unspecified atom stereocenters. The van der Waals surface area contributed by atoms with Gasteiger partial charge in [0.15, 0.2) is 0 Å². The first-order valence-corrected chi connectivity index (χ1v) is 14.4. The number of hydrogen-bond acceptors (Lipinski definition) is 1. The van der Waals surface area contributed by atoms with Gasteiger partial charge >= 0.3 is 0 Å². The first kappa shape index (κ1) is 31.9. The number of imidazole rings is 1. The monoisotopic (exact) mass is 536 g/mol. The molecule has 2 nitrogen and oxygen atoms in total. The highest BCUT2D eigenvalue weighted by Crippen LogP contribution is 2.24. The van der Waals surface area contributed by atoms with Crippen molar-refractivity contribution in [3.8, 4) is 0 Å². The summed E-state index contributed by atoms with van der Waals surface area (Å²) in [6.07, 6.45) is 9.96. The second-order valence-corrected chi connectivity index (χ2v) is 13.1. The maximum absolute atomic E-state index is 13.1. The van der Waals surface area contributed by atoms with Gasteiger partial charge in [0, 0.05) is 5.69 Å². The number of rotatable bonds is 10. The molecule has 2 aromatic carbocycles. The van der Waals surface area contributed by atoms with Gasteiger partial charge in [-0.05, 0) is 49.8 Å². The first-order chi connectivity index (χ1) is 17.9. The Hall–Kier alpha value is -2.33. The van der Waals surface area contributed by atoms with Crippen molar-refractivity contribution in [1.82, 2.24) is 9.97 Å². The molecular weight excluding hydrogens is 490 g/mol. The van der Waals surface area contributed by atoms with Gasteiger partial charge < -0.3 is 4.98 Å². The summed E-state index contributed by atoms with van der Waals surface area (Å²) >= 11 is 5.93. The Balaban J connectivity index is 0.000000273. The molecule has 0 saturated heterocycles. The van der Waals surface area contributed by atoms with Crippen LogP contribution < -0.4 is 10.9 Å². The Bertz CT molecular complexity index is 994. The Labute approximate surface area is 236 Å². The highest BCUT2D eigenvalue weighted by Gasteiger charge is 2.18. The quantitative estimate of drug-likeness (QED) is 0.158. The van der Waals surface area contributed by atoms with Crippen molar-refractivity contribution in [3.05, 3.63) is 90.5 Å². The van der Waals surface area contributed by atoms with Gasteiger partial charge in [-0.15, -0.1) is 11.6 Å². The molecule has 3 rings (SSSR count). The van der Waals surface area contributed by atoms with Crippen LogP contribution in [0.2, 0.25) is 6.32 Å². The van der Waals surface area contributed by atoms with Crippen LogP contribution in [-0.2, 0) is 12.8 Å². The van der Waals surface area contributed by atoms with Gasteiger partial charge in [-0.25, -0.2) is 9.37 Å². The third kappa shape index (κ3) is 12.5. The number of H-pyrrole nitrogens is 1. The SMILES string of the molecule is CC(C)(C)CCc1nc[nH]c1CCC(C)(C)C.CC(F)C(Cl)C=CCB(c1ccccc1)c1ccccc1. The Morgan fingerprint density at radius 3 is 1.84 bits per heavy atom. The topological polar surface area (TPSA) is 28.7 Å². The summed E-state index contributed by atoms with van der Waals surface area (Å²) in [7, 11) is 0. The van der Waals surface area contributed by atoms with E-state index >= 15 is 0 Å². The van der Waals surface area contributed by atoms with Crippen molar-refractivity contribution in [2.24, 2.45) is 10.8 Å². The molecule has 206 valence electrons. The van der Waals surface area contributed by atoms with Crippen molar-refractivity contribution in [1.29, 1.82) is 0 Å². The van der Waals surface area contributed by atoms with E-state index < -0.39 is 11.5 Å². The standard InChI is InChI=1S/C18H19BClF.C15H28N2/c1-15(21)18(20)13-8-14-19(16-9-4-2-5-10-16)17-11-6-3-7-12-17;1-14(2,3)9-7-12-13(17-11-16-12)8-10-15(4,5)6/h2-13,15,18H,14H2,1H3;11H,7-10H2,1-6H3,(H,16,17). The highest BCUT2D eigenvalue weighted by molar-refractivity contribution is 6.85. The van der Waals surface area contributed by atoms with E-state index in [4.69, 9.17) is 11.6 Å². The van der Waals surface area contributed by atoms with E-state index in [1.807, 2.05) is 48.8 Å². The summed E-state index contributed by atoms with van der Waals surface area (Å²) in [6.45, 7) is 15.5. The minimum absolute atomic E-state index is 0.266. The van der Waals surface area contributed by atoms with Crippen molar-refractivity contribution in [2.75, 3.05) is 0 Å². The average molecular weight is 537 g/mol. The zero-order chi connectivity index (χ0) is 28.2. The Kier molecular flexibility index (Phi) is 12.9. The summed E-state index contributed by atoms with van der Waals surface area (Å²) in [4.78, 5) is 7.77. The molecule has 2 atom stereocenters. The molecular formula is C33H47BClFN2. The lowest BCUT2D eigenvalue weighted by molar-refractivity contribution is 0.369. The molecule has 0 aliphatic heterocycles. The lowest BCUT2D eigenvalue weighted by Crippen LogP contribution is -2.41. The molecule has 0 aliphatic carbocycles. The van der Waals surface area contributed by atoms with Crippen LogP contribution in [0.15, 0.2) is 79.1 Å². The van der Waals surface area contributed by atoms with Gasteiger partial charge in [-0.3, -0.25) is 0 Å². The number of aromatic nitrogens is 2. The fourth-order valence-corrected chi connectivity index (χ4v) is 4.21. The molecule has 3 aromatic rings. The summed E-state index contributed by atoms with van der Waals surface area (Å²) in [5.41, 5.74) is 5.90. The molecule has 1 heterocycles. The van der Waals surface area contributed by atoms with Crippen molar-refractivity contribution >= 4 is 29.2 Å². The minimum Gasteiger partial charge on any atom is -0.348 e. The lowest BCUT2D eigenvalue weighted by Gasteiger charge is -2.19. The molecule has 38 heavy (non-hydrogen) atoms. The predicted molar refractivity (Wildman–Crippen MR) is 166 cm³/mol. The van der Waals surface area contributed by atoms with Gasteiger partial charge in [0.25, 0.3) is 0 Å². The van der Waals surface area contributed by atoms with E-state index in [0.29, 0.717) is 10.8 Å². The maximum Gasteiger partial charge on any atom is 0.213 e. The maximum atomic E-state index is 13.1. The number of nitrogens with zero attached hydrogens (tertiary/aromatic N) is 1. The number of aromatic amines is 1. The smallest absolute Gasteiger partial charge is 0.213 e. The highest BCUT2D eigenvalue weighted by atomic mass is 35.5. The number of hydrogen-bond donors (Lipinski definition) is 1. The molecule has 0 amide bonds. The third-order valence-corrected chi connectivity index (χ3v) is 7.07. The average Bonchev–Trinajstić information content (AvgIpc) is 3.32. The van der Waals surface area contributed by atoms with Crippen LogP contribution >= 0.6 is 11.6 Å². The van der Waals surface area contributed by atoms with E-state index in [-0.39, 0.29) is 6.71 Å². The summed E-state index contributed by atoms with van der Waals surface area (Å²) in [5.74, 6) is 0. The van der Waals surface area contributed by atoms with Crippen LogP contribution in [-0.4, -0.2) is 28.2 Å². The summed E-state index contributed by atoms with van der Waals surface area (Å²) in [5, 5.41) is -0.558. The van der Waals surface area contributed by atoms with Crippen LogP contribution in [0, 0.1) is 10.8 Å². The number of benzene rings is 2. The van der Waals surface area contributed by atoms with Crippen LogP contribution in [0.3, 0.4) is 0 Å². The number of allylic oxidation sites excluding steroid dienone is 2. The first-order valence-electron chi connectivity index (χ1n) is 13.9. The largest absolute Gasteiger partial charge is 0.348 e. The second kappa shape index (κ2) is 15.3. The number of halogens is 2. The van der Waals surface area contributed by atoms with Crippen LogP contribution in [0.1, 0.15) is 72.7 Å². The normalized spacial score (nSPS) is 13.6. The van der Waals surface area contributed by atoms with E-state index in [9.17, 15) is 4.39 Å². The lowest BCUT2D eigenvalue weighted by atomic mass is 9.39. The van der Waals surface area contributed by atoms with Gasteiger partial charge in [-0.2, -0.15) is 0 Å². The Morgan fingerprint density at radius 1 is 0.868 bits per heavy atom. The number of nitrogens with one attached hydrogen (secondary N) is 1. The number of alkyl halides is 2. The zero-order valence-corrected chi connectivity index (χ0v) is 25.2. The van der Waals surface area contributed by atoms with Crippen LogP contribution in [0.25, 0.3) is 0 Å². The summed E-state index contributed by atoms with van der Waals surface area (Å²) in [6, 6.07) is 20.7. The van der Waals surface area contributed by atoms with Gasteiger partial charge in [0.1, 0.15) is 6.17 Å². The van der Waals surface area contributed by atoms with Crippen molar-refractivity contribution in [3.63, 3.8) is 0 Å². The third-order valence-electron chi connectivity index (χ3n) is 6.58. The van der Waals surface area contributed by atoms with E-state index in [1.165, 1.54) is 42.1 Å². The van der Waals surface area contributed by atoms with E-state index in [2.05, 4.69) is 75.8 Å². The van der Waals surface area contributed by atoms with Gasteiger partial charge in [0.2, 0.25) is 6.71 Å². The van der Waals surface area contributed by atoms with Gasteiger partial charge in [0.05, 0.1) is 17.4 Å². The fraction of sp³-hybridized carbons (Fsp3) is 0.485. The molecule has 0 saturated carbocycles. The molecule has 5 heteroatoms. The van der Waals surface area contributed by atoms with Crippen LogP contribution in [0.5, 0.6) is 0 Å². The predicted octanol–water partition coefficient (Wildman–Crippen LogP) is 8.18.